The Hall–Kier alpha value is -3.68. The number of nitrogens with two attached hydrogens (primary N) is 1. The number of nitrogens with one attached hydrogen (secondary N) is 2. The van der Waals surface area contributed by atoms with Crippen LogP contribution in [0.3, 0.4) is 0 Å². The lowest BCUT2D eigenvalue weighted by molar-refractivity contribution is 0.0957. The van der Waals surface area contributed by atoms with Crippen LogP contribution >= 0.6 is 0 Å². The summed E-state index contributed by atoms with van der Waals surface area (Å²) in [7, 11) is 0. The molecule has 0 aliphatic heterocycles. The van der Waals surface area contributed by atoms with Crippen molar-refractivity contribution in [3.8, 4) is 11.6 Å². The Morgan fingerprint density at radius 2 is 1.85 bits per heavy atom. The number of hydrogen-bond acceptors (Lipinski definition) is 7. The van der Waals surface area contributed by atoms with Crippen LogP contribution in [-0.2, 0) is 0 Å². The normalized spacial score (nSPS) is 10.5. The summed E-state index contributed by atoms with van der Waals surface area (Å²) in [4.78, 5) is 24.1. The van der Waals surface area contributed by atoms with Crippen LogP contribution in [0.4, 0.5) is 11.5 Å². The standard InChI is InChI=1S/C19H20N6O2/c1-12(2)13-6-8-14(9-7-13)27-19-16(20)17(22-11-23-19)24-25-18(26)15-5-3-4-10-21-15/h3-12H,20H2,1-2H3,(H,25,26)(H,22,23,24). The van der Waals surface area contributed by atoms with Crippen molar-refractivity contribution in [3.63, 3.8) is 0 Å². The highest BCUT2D eigenvalue weighted by Crippen LogP contribution is 2.29. The van der Waals surface area contributed by atoms with Crippen molar-refractivity contribution in [2.75, 3.05) is 11.2 Å². The monoisotopic (exact) mass is 364 g/mol. The molecule has 27 heavy (non-hydrogen) atoms. The van der Waals surface area contributed by atoms with Gasteiger partial charge in [0.2, 0.25) is 5.88 Å². The van der Waals surface area contributed by atoms with E-state index in [2.05, 4.69) is 39.7 Å². The van der Waals surface area contributed by atoms with Gasteiger partial charge in [0.1, 0.15) is 23.5 Å². The fraction of sp³-hybridized carbons (Fsp3) is 0.158. The third kappa shape index (κ3) is 4.49. The second-order valence-corrected chi connectivity index (χ2v) is 6.06. The van der Waals surface area contributed by atoms with E-state index in [0.29, 0.717) is 11.7 Å². The van der Waals surface area contributed by atoms with Crippen molar-refractivity contribution in [1.29, 1.82) is 0 Å². The lowest BCUT2D eigenvalue weighted by Gasteiger charge is -2.13. The van der Waals surface area contributed by atoms with Crippen molar-refractivity contribution in [1.82, 2.24) is 20.4 Å². The van der Waals surface area contributed by atoms with Crippen LogP contribution in [0.1, 0.15) is 35.8 Å². The first kappa shape index (κ1) is 18.1. The quantitative estimate of drug-likeness (QED) is 0.576. The molecule has 0 fully saturated rings. The minimum Gasteiger partial charge on any atom is -0.437 e. The highest BCUT2D eigenvalue weighted by atomic mass is 16.5. The third-order valence-electron chi connectivity index (χ3n) is 3.80. The zero-order chi connectivity index (χ0) is 19.2. The maximum absolute atomic E-state index is 12.0. The Labute approximate surface area is 156 Å². The number of hydrazine groups is 1. The highest BCUT2D eigenvalue weighted by Gasteiger charge is 2.12. The fourth-order valence-electron chi connectivity index (χ4n) is 2.27. The van der Waals surface area contributed by atoms with E-state index in [1.807, 2.05) is 24.3 Å². The van der Waals surface area contributed by atoms with Gasteiger partial charge in [-0.25, -0.2) is 4.98 Å². The van der Waals surface area contributed by atoms with E-state index in [1.54, 1.807) is 18.2 Å². The molecule has 0 saturated heterocycles. The average Bonchev–Trinajstić information content (AvgIpc) is 2.69. The Morgan fingerprint density at radius 1 is 1.07 bits per heavy atom. The third-order valence-corrected chi connectivity index (χ3v) is 3.80. The lowest BCUT2D eigenvalue weighted by atomic mass is 10.0. The minimum atomic E-state index is -0.416. The SMILES string of the molecule is CC(C)c1ccc(Oc2ncnc(NNC(=O)c3ccccn3)c2N)cc1. The van der Waals surface area contributed by atoms with E-state index in [0.717, 1.165) is 0 Å². The van der Waals surface area contributed by atoms with Crippen LogP contribution in [0.2, 0.25) is 0 Å². The molecule has 1 amide bonds. The molecule has 8 heteroatoms. The molecule has 2 aromatic heterocycles. The van der Waals surface area contributed by atoms with E-state index in [-0.39, 0.29) is 23.1 Å². The summed E-state index contributed by atoms with van der Waals surface area (Å²) < 4.78 is 5.73. The molecular formula is C19H20N6O2. The molecule has 138 valence electrons. The minimum absolute atomic E-state index is 0.173. The predicted octanol–water partition coefficient (Wildman–Crippen LogP) is 3.13. The van der Waals surface area contributed by atoms with Crippen molar-refractivity contribution >= 4 is 17.4 Å². The number of carbonyl (C=O) groups excluding carboxylic acids is 1. The predicted molar refractivity (Wildman–Crippen MR) is 102 cm³/mol. The Balaban J connectivity index is 1.69. The number of aromatic nitrogens is 3. The molecule has 0 unspecified atom stereocenters. The number of nitrogen functional groups attached to an aromatic ring is 1. The van der Waals surface area contributed by atoms with Gasteiger partial charge in [-0.3, -0.25) is 20.6 Å². The molecule has 0 radical (unpaired) electrons. The number of carbonyl (C=O) groups is 1. The van der Waals surface area contributed by atoms with Gasteiger partial charge in [-0.2, -0.15) is 4.98 Å². The molecule has 3 rings (SSSR count). The molecule has 0 saturated carbocycles. The second-order valence-electron chi connectivity index (χ2n) is 6.06. The summed E-state index contributed by atoms with van der Waals surface area (Å²) in [5, 5.41) is 0. The largest absolute Gasteiger partial charge is 0.437 e. The van der Waals surface area contributed by atoms with Crippen LogP contribution in [0, 0.1) is 0 Å². The molecule has 0 atom stereocenters. The van der Waals surface area contributed by atoms with E-state index in [1.165, 1.54) is 18.1 Å². The molecule has 0 aliphatic carbocycles. The molecule has 8 nitrogen and oxygen atoms in total. The van der Waals surface area contributed by atoms with Gasteiger partial charge in [0.05, 0.1) is 0 Å². The zero-order valence-electron chi connectivity index (χ0n) is 15.0. The van der Waals surface area contributed by atoms with Crippen molar-refractivity contribution in [3.05, 3.63) is 66.2 Å². The summed E-state index contributed by atoms with van der Waals surface area (Å²) >= 11 is 0. The second kappa shape index (κ2) is 8.13. The maximum atomic E-state index is 12.0. The highest BCUT2D eigenvalue weighted by molar-refractivity contribution is 5.93. The summed E-state index contributed by atoms with van der Waals surface area (Å²) in [6.45, 7) is 4.24. The molecule has 2 heterocycles. The van der Waals surface area contributed by atoms with E-state index in [9.17, 15) is 4.79 Å². The molecule has 0 aliphatic rings. The molecule has 1 aromatic carbocycles. The number of ether oxygens (including phenoxy) is 1. The summed E-state index contributed by atoms with van der Waals surface area (Å²) in [6.07, 6.45) is 2.83. The van der Waals surface area contributed by atoms with Crippen molar-refractivity contribution in [2.45, 2.75) is 19.8 Å². The van der Waals surface area contributed by atoms with E-state index in [4.69, 9.17) is 10.5 Å². The topological polar surface area (TPSA) is 115 Å². The first-order valence-corrected chi connectivity index (χ1v) is 8.40. The summed E-state index contributed by atoms with van der Waals surface area (Å²) in [5.41, 5.74) is 12.9. The van der Waals surface area contributed by atoms with Crippen LogP contribution in [0.25, 0.3) is 0 Å². The maximum Gasteiger partial charge on any atom is 0.288 e. The molecule has 3 aromatic rings. The molecule has 4 N–H and O–H groups in total. The van der Waals surface area contributed by atoms with E-state index < -0.39 is 5.91 Å². The van der Waals surface area contributed by atoms with Gasteiger partial charge in [0.15, 0.2) is 5.82 Å². The Morgan fingerprint density at radius 3 is 2.52 bits per heavy atom. The van der Waals surface area contributed by atoms with Gasteiger partial charge in [-0.15, -0.1) is 0 Å². The Kier molecular flexibility index (Phi) is 5.46. The number of nitrogens with zero attached hydrogens (tertiary/aromatic N) is 3. The number of anilines is 2. The van der Waals surface area contributed by atoms with Gasteiger partial charge in [-0.05, 0) is 35.7 Å². The number of amides is 1. The molecule has 0 spiro atoms. The van der Waals surface area contributed by atoms with Crippen molar-refractivity contribution < 1.29 is 9.53 Å². The summed E-state index contributed by atoms with van der Waals surface area (Å²) in [6, 6.07) is 12.7. The van der Waals surface area contributed by atoms with Crippen LogP contribution in [0.15, 0.2) is 55.0 Å². The zero-order valence-corrected chi connectivity index (χ0v) is 15.0. The fourth-order valence-corrected chi connectivity index (χ4v) is 2.27. The van der Waals surface area contributed by atoms with Crippen molar-refractivity contribution in [2.24, 2.45) is 0 Å². The van der Waals surface area contributed by atoms with Crippen LogP contribution < -0.4 is 21.3 Å². The first-order chi connectivity index (χ1) is 13.0. The van der Waals surface area contributed by atoms with Crippen LogP contribution in [0.5, 0.6) is 11.6 Å². The number of hydrogen-bond donors (Lipinski definition) is 3. The van der Waals surface area contributed by atoms with E-state index >= 15 is 0 Å². The van der Waals surface area contributed by atoms with Gasteiger partial charge in [0.25, 0.3) is 5.91 Å². The smallest absolute Gasteiger partial charge is 0.288 e. The van der Waals surface area contributed by atoms with Crippen LogP contribution in [-0.4, -0.2) is 20.9 Å². The number of benzene rings is 1. The van der Waals surface area contributed by atoms with Gasteiger partial charge in [0, 0.05) is 6.20 Å². The van der Waals surface area contributed by atoms with Gasteiger partial charge < -0.3 is 10.5 Å². The Bertz CT molecular complexity index is 913. The molecular weight excluding hydrogens is 344 g/mol. The average molecular weight is 364 g/mol. The first-order valence-electron chi connectivity index (χ1n) is 8.40. The number of rotatable bonds is 6. The summed E-state index contributed by atoms with van der Waals surface area (Å²) in [5.74, 6) is 1.04. The number of pyridine rings is 1. The van der Waals surface area contributed by atoms with Gasteiger partial charge in [-0.1, -0.05) is 32.0 Å². The lowest BCUT2D eigenvalue weighted by Crippen LogP contribution is -2.30. The molecule has 0 bridgehead atoms. The van der Waals surface area contributed by atoms with Gasteiger partial charge >= 0.3 is 0 Å².